The number of carbonyl (C=O) groups is 2. The van der Waals surface area contributed by atoms with Gasteiger partial charge in [-0.15, -0.1) is 0 Å². The number of hydrogen-bond donors (Lipinski definition) is 1. The number of nitrogens with one attached hydrogen (secondary N) is 1. The maximum absolute atomic E-state index is 12.1. The maximum Gasteiger partial charge on any atom is 0.320 e. The van der Waals surface area contributed by atoms with Crippen LogP contribution in [0.2, 0.25) is 0 Å². The Morgan fingerprint density at radius 1 is 1.50 bits per heavy atom. The van der Waals surface area contributed by atoms with E-state index in [2.05, 4.69) is 10.1 Å². The number of fused-ring (bicyclic) bond motifs is 1. The summed E-state index contributed by atoms with van der Waals surface area (Å²) in [6.07, 6.45) is 0.659. The van der Waals surface area contributed by atoms with E-state index in [4.69, 9.17) is 4.74 Å². The standard InChI is InChI=1S/C14H16INO4/c1-19-14(18)11(15)7-16-13(17)10-6-9-4-2-3-5-12(9)20-8-10/h2-5,10-11H,6-8H2,1H3,(H,16,17). The molecule has 0 fully saturated rings. The van der Waals surface area contributed by atoms with E-state index in [1.165, 1.54) is 7.11 Å². The minimum Gasteiger partial charge on any atom is -0.492 e. The van der Waals surface area contributed by atoms with E-state index in [-0.39, 0.29) is 28.3 Å². The molecule has 2 atom stereocenters. The Kier molecular flexibility index (Phi) is 5.22. The second kappa shape index (κ2) is 6.92. The van der Waals surface area contributed by atoms with E-state index < -0.39 is 0 Å². The zero-order valence-electron chi connectivity index (χ0n) is 11.1. The number of amides is 1. The lowest BCUT2D eigenvalue weighted by molar-refractivity contribution is -0.139. The summed E-state index contributed by atoms with van der Waals surface area (Å²) in [5.41, 5.74) is 1.04. The third kappa shape index (κ3) is 3.62. The second-order valence-corrected chi connectivity index (χ2v) is 6.06. The molecule has 2 unspecified atom stereocenters. The van der Waals surface area contributed by atoms with Crippen LogP contribution in [0.15, 0.2) is 24.3 Å². The SMILES string of the molecule is COC(=O)C(I)CNC(=O)C1COc2ccccc2C1. The number of rotatable bonds is 4. The van der Waals surface area contributed by atoms with Crippen molar-refractivity contribution < 1.29 is 19.1 Å². The van der Waals surface area contributed by atoms with Crippen molar-refractivity contribution in [2.45, 2.75) is 10.3 Å². The van der Waals surface area contributed by atoms with E-state index in [0.29, 0.717) is 13.0 Å². The molecule has 0 bridgehead atoms. The lowest BCUT2D eigenvalue weighted by atomic mass is 9.96. The number of esters is 1. The smallest absolute Gasteiger partial charge is 0.320 e. The Labute approximate surface area is 131 Å². The molecule has 0 radical (unpaired) electrons. The number of hydrogen-bond acceptors (Lipinski definition) is 4. The summed E-state index contributed by atoms with van der Waals surface area (Å²) < 4.78 is 9.82. The largest absolute Gasteiger partial charge is 0.492 e. The van der Waals surface area contributed by atoms with Crippen LogP contribution in [0.1, 0.15) is 5.56 Å². The topological polar surface area (TPSA) is 64.6 Å². The van der Waals surface area contributed by atoms with Crippen molar-refractivity contribution in [2.24, 2.45) is 5.92 Å². The van der Waals surface area contributed by atoms with Crippen molar-refractivity contribution in [3.05, 3.63) is 29.8 Å². The summed E-state index contributed by atoms with van der Waals surface area (Å²) >= 11 is 1.95. The van der Waals surface area contributed by atoms with Gasteiger partial charge < -0.3 is 14.8 Å². The molecule has 1 N–H and O–H groups in total. The molecule has 1 aliphatic heterocycles. The summed E-state index contributed by atoms with van der Waals surface area (Å²) in [4.78, 5) is 23.3. The third-order valence-electron chi connectivity index (χ3n) is 3.16. The molecule has 6 heteroatoms. The maximum atomic E-state index is 12.1. The van der Waals surface area contributed by atoms with Gasteiger partial charge in [-0.3, -0.25) is 9.59 Å². The zero-order valence-corrected chi connectivity index (χ0v) is 13.3. The van der Waals surface area contributed by atoms with E-state index in [1.54, 1.807) is 0 Å². The minimum absolute atomic E-state index is 0.0925. The fraction of sp³-hybridized carbons (Fsp3) is 0.429. The van der Waals surface area contributed by atoms with Crippen LogP contribution in [-0.2, 0) is 20.7 Å². The lowest BCUT2D eigenvalue weighted by Gasteiger charge is -2.24. The van der Waals surface area contributed by atoms with Crippen LogP contribution in [0, 0.1) is 5.92 Å². The fourth-order valence-electron chi connectivity index (χ4n) is 2.04. The highest BCUT2D eigenvalue weighted by Crippen LogP contribution is 2.26. The average Bonchev–Trinajstić information content (AvgIpc) is 2.50. The van der Waals surface area contributed by atoms with Crippen LogP contribution >= 0.6 is 22.6 Å². The highest BCUT2D eigenvalue weighted by molar-refractivity contribution is 14.1. The van der Waals surface area contributed by atoms with Crippen molar-refractivity contribution in [3.63, 3.8) is 0 Å². The van der Waals surface area contributed by atoms with E-state index in [0.717, 1.165) is 11.3 Å². The molecular weight excluding hydrogens is 373 g/mol. The summed E-state index contributed by atoms with van der Waals surface area (Å²) in [5.74, 6) is 0.199. The summed E-state index contributed by atoms with van der Waals surface area (Å²) in [6.45, 7) is 0.636. The first-order valence-electron chi connectivity index (χ1n) is 6.32. The van der Waals surface area contributed by atoms with E-state index in [1.807, 2.05) is 46.9 Å². The quantitative estimate of drug-likeness (QED) is 0.480. The molecule has 108 valence electrons. The number of halogens is 1. The molecule has 0 aromatic heterocycles. The number of alkyl halides is 1. The number of para-hydroxylation sites is 1. The van der Waals surface area contributed by atoms with Crippen molar-refractivity contribution in [1.82, 2.24) is 5.32 Å². The monoisotopic (exact) mass is 389 g/mol. The van der Waals surface area contributed by atoms with Gasteiger partial charge in [0.05, 0.1) is 13.0 Å². The van der Waals surface area contributed by atoms with E-state index in [9.17, 15) is 9.59 Å². The molecule has 0 saturated carbocycles. The molecule has 1 aliphatic rings. The first kappa shape index (κ1) is 15.1. The van der Waals surface area contributed by atoms with Gasteiger partial charge in [0.25, 0.3) is 0 Å². The Balaban J connectivity index is 1.87. The van der Waals surface area contributed by atoms with Gasteiger partial charge in [-0.1, -0.05) is 40.8 Å². The van der Waals surface area contributed by atoms with Gasteiger partial charge >= 0.3 is 5.97 Å². The average molecular weight is 389 g/mol. The van der Waals surface area contributed by atoms with Crippen molar-refractivity contribution in [3.8, 4) is 5.75 Å². The minimum atomic E-state index is -0.377. The van der Waals surface area contributed by atoms with Crippen LogP contribution in [0.25, 0.3) is 0 Å². The van der Waals surface area contributed by atoms with Crippen molar-refractivity contribution in [2.75, 3.05) is 20.3 Å². The van der Waals surface area contributed by atoms with Gasteiger partial charge in [0.2, 0.25) is 5.91 Å². The van der Waals surface area contributed by atoms with Crippen molar-refractivity contribution in [1.29, 1.82) is 0 Å². The highest BCUT2D eigenvalue weighted by atomic mass is 127. The predicted octanol–water partition coefficient (Wildman–Crippen LogP) is 1.33. The molecular formula is C14H16INO4. The first-order valence-corrected chi connectivity index (χ1v) is 7.56. The van der Waals surface area contributed by atoms with E-state index >= 15 is 0 Å². The van der Waals surface area contributed by atoms with Crippen LogP contribution in [-0.4, -0.2) is 36.1 Å². The number of ether oxygens (including phenoxy) is 2. The summed E-state index contributed by atoms with van der Waals surface area (Å²) in [7, 11) is 1.34. The molecule has 1 amide bonds. The summed E-state index contributed by atoms with van der Waals surface area (Å²) in [6, 6.07) is 7.71. The number of methoxy groups -OCH3 is 1. The Bertz CT molecular complexity index is 506. The molecule has 1 aromatic rings. The molecule has 0 spiro atoms. The molecule has 0 aliphatic carbocycles. The predicted molar refractivity (Wildman–Crippen MR) is 82.0 cm³/mol. The molecule has 1 aromatic carbocycles. The highest BCUT2D eigenvalue weighted by Gasteiger charge is 2.26. The van der Waals surface area contributed by atoms with Crippen LogP contribution < -0.4 is 10.1 Å². The van der Waals surface area contributed by atoms with Gasteiger partial charge in [-0.25, -0.2) is 0 Å². The van der Waals surface area contributed by atoms with Crippen LogP contribution in [0.3, 0.4) is 0 Å². The molecule has 5 nitrogen and oxygen atoms in total. The number of benzene rings is 1. The third-order valence-corrected chi connectivity index (χ3v) is 4.11. The molecule has 1 heterocycles. The molecule has 0 saturated heterocycles. The lowest BCUT2D eigenvalue weighted by Crippen LogP contribution is -2.41. The fourth-order valence-corrected chi connectivity index (χ4v) is 2.52. The normalized spacial score (nSPS) is 18.4. The van der Waals surface area contributed by atoms with Gasteiger partial charge in [0, 0.05) is 6.54 Å². The zero-order chi connectivity index (χ0) is 14.5. The Morgan fingerprint density at radius 3 is 3.00 bits per heavy atom. The van der Waals surface area contributed by atoms with Crippen LogP contribution in [0.5, 0.6) is 5.75 Å². The van der Waals surface area contributed by atoms with Gasteiger partial charge in [0.15, 0.2) is 0 Å². The second-order valence-electron chi connectivity index (χ2n) is 4.56. The Hall–Kier alpha value is -1.31. The first-order chi connectivity index (χ1) is 9.61. The summed E-state index contributed by atoms with van der Waals surface area (Å²) in [5, 5.41) is 2.77. The molecule has 2 rings (SSSR count). The van der Waals surface area contributed by atoms with Gasteiger partial charge in [0.1, 0.15) is 16.3 Å². The molecule has 20 heavy (non-hydrogen) atoms. The van der Waals surface area contributed by atoms with Gasteiger partial charge in [-0.2, -0.15) is 0 Å². The van der Waals surface area contributed by atoms with Crippen molar-refractivity contribution >= 4 is 34.5 Å². The number of carbonyl (C=O) groups excluding carboxylic acids is 2. The van der Waals surface area contributed by atoms with Gasteiger partial charge in [-0.05, 0) is 18.1 Å². The van der Waals surface area contributed by atoms with Crippen LogP contribution in [0.4, 0.5) is 0 Å². The Morgan fingerprint density at radius 2 is 2.25 bits per heavy atom.